The Hall–Kier alpha value is -2.37. The maximum atomic E-state index is 12.5. The molecule has 0 rings (SSSR count). The second kappa shape index (κ2) is 32.5. The molecule has 1 atom stereocenters. The van der Waals surface area contributed by atoms with Crippen LogP contribution in [-0.4, -0.2) is 37.2 Å². The molecule has 0 amide bonds. The van der Waals surface area contributed by atoms with E-state index in [4.69, 9.17) is 14.2 Å². The van der Waals surface area contributed by atoms with E-state index in [9.17, 15) is 14.4 Å². The van der Waals surface area contributed by atoms with Gasteiger partial charge in [0, 0.05) is 19.3 Å². The van der Waals surface area contributed by atoms with Gasteiger partial charge in [-0.3, -0.25) is 14.4 Å². The van der Waals surface area contributed by atoms with Crippen LogP contribution in [0.3, 0.4) is 0 Å². The van der Waals surface area contributed by atoms with E-state index < -0.39 is 6.10 Å². The first-order valence-electron chi connectivity index (χ1n) is 17.4. The zero-order valence-electron chi connectivity index (χ0n) is 27.8. The highest BCUT2D eigenvalue weighted by Gasteiger charge is 2.19. The van der Waals surface area contributed by atoms with E-state index in [1.54, 1.807) is 0 Å². The van der Waals surface area contributed by atoms with Crippen molar-refractivity contribution in [1.29, 1.82) is 0 Å². The average molecular weight is 605 g/mol. The van der Waals surface area contributed by atoms with Gasteiger partial charge in [-0.25, -0.2) is 0 Å². The predicted octanol–water partition coefficient (Wildman–Crippen LogP) is 10.3. The summed E-state index contributed by atoms with van der Waals surface area (Å²) in [7, 11) is 0. The van der Waals surface area contributed by atoms with Gasteiger partial charge in [0.1, 0.15) is 13.2 Å². The van der Waals surface area contributed by atoms with Crippen molar-refractivity contribution >= 4 is 17.9 Å². The molecule has 0 aliphatic heterocycles. The molecule has 0 aromatic rings. The topological polar surface area (TPSA) is 78.9 Å². The average Bonchev–Trinajstić information content (AvgIpc) is 3.00. The lowest BCUT2D eigenvalue weighted by Gasteiger charge is -2.18. The lowest BCUT2D eigenvalue weighted by molar-refractivity contribution is -0.167. The third kappa shape index (κ3) is 30.9. The van der Waals surface area contributed by atoms with E-state index in [2.05, 4.69) is 44.7 Å². The number of carbonyl (C=O) groups is 3. The second-order valence-electron chi connectivity index (χ2n) is 11.4. The van der Waals surface area contributed by atoms with Gasteiger partial charge >= 0.3 is 17.9 Å². The number of unbranched alkanes of at least 4 members (excludes halogenated alkanes) is 15. The van der Waals surface area contributed by atoms with Crippen molar-refractivity contribution < 1.29 is 28.6 Å². The third-order valence-electron chi connectivity index (χ3n) is 7.26. The molecule has 0 aromatic carbocycles. The van der Waals surface area contributed by atoms with Gasteiger partial charge < -0.3 is 14.2 Å². The van der Waals surface area contributed by atoms with Gasteiger partial charge in [-0.15, -0.1) is 6.58 Å². The summed E-state index contributed by atoms with van der Waals surface area (Å²) in [6.45, 7) is 7.84. The van der Waals surface area contributed by atoms with Gasteiger partial charge in [0.25, 0.3) is 0 Å². The van der Waals surface area contributed by atoms with Gasteiger partial charge in [-0.2, -0.15) is 0 Å². The second-order valence-corrected chi connectivity index (χ2v) is 11.4. The largest absolute Gasteiger partial charge is 0.462 e. The molecule has 43 heavy (non-hydrogen) atoms. The van der Waals surface area contributed by atoms with E-state index in [1.807, 2.05) is 6.08 Å². The van der Waals surface area contributed by atoms with Gasteiger partial charge in [-0.05, 0) is 70.6 Å². The van der Waals surface area contributed by atoms with Crippen molar-refractivity contribution in [2.45, 2.75) is 168 Å². The first kappa shape index (κ1) is 40.6. The molecule has 0 aliphatic carbocycles. The summed E-state index contributed by atoms with van der Waals surface area (Å²) in [4.78, 5) is 37.1. The van der Waals surface area contributed by atoms with Crippen molar-refractivity contribution in [1.82, 2.24) is 0 Å². The summed E-state index contributed by atoms with van der Waals surface area (Å²) in [6.07, 6.45) is 31.9. The Kier molecular flexibility index (Phi) is 30.7. The fourth-order valence-electron chi connectivity index (χ4n) is 4.66. The highest BCUT2D eigenvalue weighted by atomic mass is 16.6. The summed E-state index contributed by atoms with van der Waals surface area (Å²) in [6, 6.07) is 0. The van der Waals surface area contributed by atoms with E-state index in [-0.39, 0.29) is 31.1 Å². The first-order chi connectivity index (χ1) is 21.0. The zero-order chi connectivity index (χ0) is 31.6. The lowest BCUT2D eigenvalue weighted by Crippen LogP contribution is -2.30. The number of ether oxygens (including phenoxy) is 3. The number of rotatable bonds is 31. The number of hydrogen-bond donors (Lipinski definition) is 0. The molecule has 0 radical (unpaired) electrons. The Labute approximate surface area is 264 Å². The number of carbonyl (C=O) groups excluding carboxylic acids is 3. The molecule has 6 heteroatoms. The molecule has 0 saturated heterocycles. The van der Waals surface area contributed by atoms with Crippen LogP contribution >= 0.6 is 0 Å². The van der Waals surface area contributed by atoms with Crippen LogP contribution in [0, 0.1) is 0 Å². The molecule has 6 nitrogen and oxygen atoms in total. The molecule has 248 valence electrons. The van der Waals surface area contributed by atoms with Crippen LogP contribution in [0.25, 0.3) is 0 Å². The maximum Gasteiger partial charge on any atom is 0.306 e. The Morgan fingerprint density at radius 2 is 0.884 bits per heavy atom. The van der Waals surface area contributed by atoms with Gasteiger partial charge in [-0.1, -0.05) is 102 Å². The highest BCUT2D eigenvalue weighted by Crippen LogP contribution is 2.12. The van der Waals surface area contributed by atoms with Crippen molar-refractivity contribution in [2.75, 3.05) is 13.2 Å². The van der Waals surface area contributed by atoms with Gasteiger partial charge in [0.05, 0.1) is 0 Å². The molecule has 0 saturated carbocycles. The van der Waals surface area contributed by atoms with Crippen LogP contribution in [-0.2, 0) is 28.6 Å². The van der Waals surface area contributed by atoms with Crippen LogP contribution in [0.2, 0.25) is 0 Å². The SMILES string of the molecule is C=CCCCCCCCC(=O)OCC(COC(=O)CCCCCCCC=CCC)OC(=O)CCCCCCCC=CCC. The highest BCUT2D eigenvalue weighted by molar-refractivity contribution is 5.71. The molecule has 0 heterocycles. The van der Waals surface area contributed by atoms with E-state index in [0.29, 0.717) is 19.3 Å². The first-order valence-corrected chi connectivity index (χ1v) is 17.4. The van der Waals surface area contributed by atoms with Gasteiger partial charge in [0.2, 0.25) is 0 Å². The quantitative estimate of drug-likeness (QED) is 0.0339. The van der Waals surface area contributed by atoms with Crippen LogP contribution in [0.5, 0.6) is 0 Å². The molecular weight excluding hydrogens is 540 g/mol. The molecule has 0 spiro atoms. The summed E-state index contributed by atoms with van der Waals surface area (Å²) in [5, 5.41) is 0. The standard InChI is InChI=1S/C37H64O6/c1-4-7-10-13-16-18-21-24-27-30-36(39)42-33-34(32-41-35(38)29-26-23-20-15-12-9-6-3)43-37(40)31-28-25-22-19-17-14-11-8-5-2/h6-8,10-11,34H,3-5,9,12-33H2,1-2H3. The number of allylic oxidation sites excluding steroid dienone is 5. The Morgan fingerprint density at radius 1 is 0.512 bits per heavy atom. The molecule has 0 aromatic heterocycles. The summed E-state index contributed by atoms with van der Waals surface area (Å²) in [5.41, 5.74) is 0. The Morgan fingerprint density at radius 3 is 1.30 bits per heavy atom. The van der Waals surface area contributed by atoms with Crippen LogP contribution in [0.1, 0.15) is 162 Å². The van der Waals surface area contributed by atoms with Crippen molar-refractivity contribution in [3.05, 3.63) is 37.0 Å². The van der Waals surface area contributed by atoms with Gasteiger partial charge in [0.15, 0.2) is 6.10 Å². The molecule has 0 fully saturated rings. The zero-order valence-corrected chi connectivity index (χ0v) is 27.8. The summed E-state index contributed by atoms with van der Waals surface area (Å²) in [5.74, 6) is -0.947. The minimum absolute atomic E-state index is 0.0871. The molecule has 0 bridgehead atoms. The smallest absolute Gasteiger partial charge is 0.306 e. The van der Waals surface area contributed by atoms with Crippen molar-refractivity contribution in [2.24, 2.45) is 0 Å². The summed E-state index contributed by atoms with van der Waals surface area (Å²) < 4.78 is 16.4. The van der Waals surface area contributed by atoms with E-state index in [0.717, 1.165) is 116 Å². The third-order valence-corrected chi connectivity index (χ3v) is 7.26. The minimum atomic E-state index is -0.777. The number of esters is 3. The molecule has 0 aliphatic rings. The Balaban J connectivity index is 4.39. The number of hydrogen-bond acceptors (Lipinski definition) is 6. The van der Waals surface area contributed by atoms with Crippen LogP contribution in [0.4, 0.5) is 0 Å². The molecule has 1 unspecified atom stereocenters. The predicted molar refractivity (Wildman–Crippen MR) is 178 cm³/mol. The van der Waals surface area contributed by atoms with E-state index >= 15 is 0 Å². The fourth-order valence-corrected chi connectivity index (χ4v) is 4.66. The van der Waals surface area contributed by atoms with Crippen molar-refractivity contribution in [3.8, 4) is 0 Å². The van der Waals surface area contributed by atoms with Crippen LogP contribution in [0.15, 0.2) is 37.0 Å². The van der Waals surface area contributed by atoms with E-state index in [1.165, 1.54) is 12.8 Å². The molecule has 0 N–H and O–H groups in total. The Bertz CT molecular complexity index is 741. The lowest BCUT2D eigenvalue weighted by atomic mass is 10.1. The van der Waals surface area contributed by atoms with Crippen molar-refractivity contribution in [3.63, 3.8) is 0 Å². The van der Waals surface area contributed by atoms with Crippen LogP contribution < -0.4 is 0 Å². The molecular formula is C37H64O6. The fraction of sp³-hybridized carbons (Fsp3) is 0.757. The monoisotopic (exact) mass is 604 g/mol. The minimum Gasteiger partial charge on any atom is -0.462 e. The normalized spacial score (nSPS) is 12.0. The summed E-state index contributed by atoms with van der Waals surface area (Å²) >= 11 is 0. The maximum absolute atomic E-state index is 12.5.